The van der Waals surface area contributed by atoms with Crippen molar-refractivity contribution in [1.29, 1.82) is 0 Å². The number of hydrogen-bond donors (Lipinski definition) is 0. The number of amides is 1. The van der Waals surface area contributed by atoms with Crippen molar-refractivity contribution >= 4 is 11.6 Å². The maximum absolute atomic E-state index is 14.6. The first-order valence-electron chi connectivity index (χ1n) is 10.2. The maximum atomic E-state index is 14.6. The molecule has 0 bridgehead atoms. The summed E-state index contributed by atoms with van der Waals surface area (Å²) in [6.07, 6.45) is 1.74. The lowest BCUT2D eigenvalue weighted by Gasteiger charge is -2.21. The number of rotatable bonds is 6. The zero-order valence-electron chi connectivity index (χ0n) is 17.9. The van der Waals surface area contributed by atoms with Crippen LogP contribution in [0.15, 0.2) is 36.4 Å². The highest BCUT2D eigenvalue weighted by molar-refractivity contribution is 5.94. The van der Waals surface area contributed by atoms with E-state index in [-0.39, 0.29) is 17.1 Å². The summed E-state index contributed by atoms with van der Waals surface area (Å²) in [6.45, 7) is 11.6. The summed E-state index contributed by atoms with van der Waals surface area (Å²) in [4.78, 5) is 19.6. The topological polar surface area (TPSA) is 50.5 Å². The minimum absolute atomic E-state index is 0.132. The highest BCUT2D eigenvalue weighted by Crippen LogP contribution is 2.28. The molecule has 0 radical (unpaired) electrons. The first kappa shape index (κ1) is 21.0. The van der Waals surface area contributed by atoms with E-state index in [0.29, 0.717) is 35.7 Å². The van der Waals surface area contributed by atoms with Crippen molar-refractivity contribution in [1.82, 2.24) is 19.5 Å². The Morgan fingerprint density at radius 2 is 1.76 bits per heavy atom. The molecule has 0 saturated heterocycles. The predicted molar refractivity (Wildman–Crippen MR) is 114 cm³/mol. The van der Waals surface area contributed by atoms with Crippen molar-refractivity contribution < 1.29 is 9.18 Å². The van der Waals surface area contributed by atoms with Crippen molar-refractivity contribution in [2.24, 2.45) is 0 Å². The summed E-state index contributed by atoms with van der Waals surface area (Å²) in [5.41, 5.74) is 2.44. The van der Waals surface area contributed by atoms with Crippen LogP contribution >= 0.6 is 0 Å². The van der Waals surface area contributed by atoms with Crippen molar-refractivity contribution in [3.05, 3.63) is 53.6 Å². The third kappa shape index (κ3) is 4.31. The van der Waals surface area contributed by atoms with Crippen LogP contribution in [-0.4, -0.2) is 38.5 Å². The minimum atomic E-state index is -0.356. The normalized spacial score (nSPS) is 11.8. The van der Waals surface area contributed by atoms with E-state index in [2.05, 4.69) is 30.9 Å². The van der Waals surface area contributed by atoms with Gasteiger partial charge in [-0.2, -0.15) is 5.10 Å². The Morgan fingerprint density at radius 1 is 1.10 bits per heavy atom. The van der Waals surface area contributed by atoms with E-state index in [4.69, 9.17) is 0 Å². The summed E-state index contributed by atoms with van der Waals surface area (Å²) in [5, 5.41) is 4.68. The van der Waals surface area contributed by atoms with Gasteiger partial charge in [0.1, 0.15) is 11.5 Å². The van der Waals surface area contributed by atoms with Crippen LogP contribution in [-0.2, 0) is 5.41 Å². The van der Waals surface area contributed by atoms with Gasteiger partial charge in [-0.1, -0.05) is 46.8 Å². The quantitative estimate of drug-likeness (QED) is 0.583. The van der Waals surface area contributed by atoms with Gasteiger partial charge in [0.2, 0.25) is 0 Å². The molecule has 3 rings (SSSR count). The van der Waals surface area contributed by atoms with Gasteiger partial charge in [0.25, 0.3) is 5.91 Å². The lowest BCUT2D eigenvalue weighted by molar-refractivity contribution is 0.0750. The highest BCUT2D eigenvalue weighted by atomic mass is 19.1. The van der Waals surface area contributed by atoms with Crippen molar-refractivity contribution in [2.75, 3.05) is 13.1 Å². The average molecular weight is 397 g/mol. The van der Waals surface area contributed by atoms with Crippen LogP contribution in [0.3, 0.4) is 0 Å². The van der Waals surface area contributed by atoms with Gasteiger partial charge in [0, 0.05) is 30.1 Å². The van der Waals surface area contributed by atoms with Crippen LogP contribution < -0.4 is 0 Å². The van der Waals surface area contributed by atoms with Crippen LogP contribution in [0.2, 0.25) is 0 Å². The van der Waals surface area contributed by atoms with Gasteiger partial charge in [-0.3, -0.25) is 4.79 Å². The van der Waals surface area contributed by atoms with Crippen molar-refractivity contribution in [3.8, 4) is 11.3 Å². The second-order valence-electron chi connectivity index (χ2n) is 8.35. The molecule has 29 heavy (non-hydrogen) atoms. The second kappa shape index (κ2) is 8.31. The zero-order valence-corrected chi connectivity index (χ0v) is 17.9. The fourth-order valence-electron chi connectivity index (χ4n) is 3.33. The molecular formula is C23H29FN4O. The summed E-state index contributed by atoms with van der Waals surface area (Å²) >= 11 is 0. The van der Waals surface area contributed by atoms with Crippen molar-refractivity contribution in [2.45, 2.75) is 52.9 Å². The van der Waals surface area contributed by atoms with Gasteiger partial charge in [0.15, 0.2) is 5.65 Å². The smallest absolute Gasteiger partial charge is 0.272 e. The molecule has 1 aromatic carbocycles. The number of benzene rings is 1. The largest absolute Gasteiger partial charge is 0.337 e. The molecule has 0 N–H and O–H groups in total. The summed E-state index contributed by atoms with van der Waals surface area (Å²) in [5.74, 6) is -0.488. The molecule has 0 fully saturated rings. The Labute approximate surface area is 171 Å². The number of carbonyl (C=O) groups excluding carboxylic acids is 1. The van der Waals surface area contributed by atoms with E-state index < -0.39 is 0 Å². The van der Waals surface area contributed by atoms with Gasteiger partial charge in [0.05, 0.1) is 11.4 Å². The first-order valence-corrected chi connectivity index (χ1v) is 10.2. The summed E-state index contributed by atoms with van der Waals surface area (Å²) in [7, 11) is 0. The molecule has 0 aliphatic rings. The molecule has 5 nitrogen and oxygen atoms in total. The van der Waals surface area contributed by atoms with E-state index in [0.717, 1.165) is 18.5 Å². The van der Waals surface area contributed by atoms with Gasteiger partial charge in [-0.25, -0.2) is 13.9 Å². The predicted octanol–water partition coefficient (Wildman–Crippen LogP) is 5.10. The van der Waals surface area contributed by atoms with Gasteiger partial charge < -0.3 is 4.90 Å². The molecule has 6 heteroatoms. The number of carbonyl (C=O) groups is 1. The average Bonchev–Trinajstić information content (AvgIpc) is 3.12. The van der Waals surface area contributed by atoms with Gasteiger partial charge in [-0.15, -0.1) is 0 Å². The Bertz CT molecular complexity index is 1010. The van der Waals surface area contributed by atoms with Crippen LogP contribution in [0.1, 0.15) is 63.6 Å². The molecule has 2 heterocycles. The fraction of sp³-hybridized carbons (Fsp3) is 0.435. The Hall–Kier alpha value is -2.76. The maximum Gasteiger partial charge on any atom is 0.272 e. The van der Waals surface area contributed by atoms with E-state index in [1.54, 1.807) is 28.8 Å². The van der Waals surface area contributed by atoms with E-state index in [1.165, 1.54) is 6.07 Å². The summed E-state index contributed by atoms with van der Waals surface area (Å²) in [6, 6.07) is 10.1. The molecule has 0 atom stereocenters. The third-order valence-electron chi connectivity index (χ3n) is 4.84. The molecule has 1 amide bonds. The molecular weight excluding hydrogens is 367 g/mol. The standard InChI is InChI=1S/C23H29FN4O/c1-6-12-27(13-7-2)22(29)18-14-19(16-10-8-9-11-17(16)24)28-21(25-18)15-20(26-28)23(3,4)5/h8-11,14-15H,6-7,12-13H2,1-5H3. The fourth-order valence-corrected chi connectivity index (χ4v) is 3.33. The lowest BCUT2D eigenvalue weighted by Crippen LogP contribution is -2.33. The van der Waals surface area contributed by atoms with Crippen molar-refractivity contribution in [3.63, 3.8) is 0 Å². The number of nitrogens with zero attached hydrogens (tertiary/aromatic N) is 4. The van der Waals surface area contributed by atoms with E-state index in [9.17, 15) is 9.18 Å². The number of fused-ring (bicyclic) bond motifs is 1. The summed E-state index contributed by atoms with van der Waals surface area (Å²) < 4.78 is 16.3. The van der Waals surface area contributed by atoms with Gasteiger partial charge >= 0.3 is 0 Å². The Balaban J connectivity index is 2.22. The van der Waals surface area contributed by atoms with Crippen LogP contribution in [0.5, 0.6) is 0 Å². The van der Waals surface area contributed by atoms with Crippen LogP contribution in [0.4, 0.5) is 4.39 Å². The number of halogens is 1. The molecule has 0 aliphatic heterocycles. The van der Waals surface area contributed by atoms with E-state index >= 15 is 0 Å². The number of aromatic nitrogens is 3. The van der Waals surface area contributed by atoms with Crippen LogP contribution in [0.25, 0.3) is 16.9 Å². The third-order valence-corrected chi connectivity index (χ3v) is 4.84. The molecule has 0 saturated carbocycles. The molecule has 2 aromatic heterocycles. The molecule has 3 aromatic rings. The SMILES string of the molecule is CCCN(CCC)C(=O)c1cc(-c2ccccc2F)n2nc(C(C)(C)C)cc2n1. The molecule has 0 spiro atoms. The molecule has 154 valence electrons. The first-order chi connectivity index (χ1) is 13.8. The Kier molecular flexibility index (Phi) is 6.01. The molecule has 0 aliphatic carbocycles. The number of hydrogen-bond acceptors (Lipinski definition) is 3. The van der Waals surface area contributed by atoms with E-state index in [1.807, 2.05) is 24.8 Å². The minimum Gasteiger partial charge on any atom is -0.337 e. The molecule has 0 unspecified atom stereocenters. The van der Waals surface area contributed by atoms with Gasteiger partial charge in [-0.05, 0) is 31.0 Å². The van der Waals surface area contributed by atoms with Crippen LogP contribution in [0, 0.1) is 5.82 Å². The second-order valence-corrected chi connectivity index (χ2v) is 8.35. The lowest BCUT2D eigenvalue weighted by atomic mass is 9.93. The monoisotopic (exact) mass is 396 g/mol. The Morgan fingerprint density at radius 3 is 2.34 bits per heavy atom. The zero-order chi connectivity index (χ0) is 21.2. The highest BCUT2D eigenvalue weighted by Gasteiger charge is 2.23.